The Kier molecular flexibility index (Phi) is 4.39. The number of piperazine rings is 1. The van der Waals surface area contributed by atoms with Gasteiger partial charge in [0.05, 0.1) is 12.4 Å². The van der Waals surface area contributed by atoms with Gasteiger partial charge in [0.25, 0.3) is 5.91 Å². The Morgan fingerprint density at radius 3 is 2.79 bits per heavy atom. The molecule has 1 amide bonds. The molecule has 1 aliphatic carbocycles. The SMILES string of the molecule is O=C(c1csc(-c2ccco2)n1)N1CCN([C@@H]2CCC[C@@H]2O)CC1. The van der Waals surface area contributed by atoms with Gasteiger partial charge in [0.1, 0.15) is 5.69 Å². The van der Waals surface area contributed by atoms with Crippen molar-refractivity contribution in [3.8, 4) is 10.8 Å². The van der Waals surface area contributed by atoms with Crippen molar-refractivity contribution in [3.63, 3.8) is 0 Å². The van der Waals surface area contributed by atoms with Crippen molar-refractivity contribution in [2.75, 3.05) is 26.2 Å². The Morgan fingerprint density at radius 1 is 1.29 bits per heavy atom. The van der Waals surface area contributed by atoms with E-state index in [1.54, 1.807) is 11.6 Å². The first-order valence-corrected chi connectivity index (χ1v) is 9.31. The summed E-state index contributed by atoms with van der Waals surface area (Å²) in [5.41, 5.74) is 0.487. The number of amides is 1. The molecule has 0 aromatic carbocycles. The fourth-order valence-electron chi connectivity index (χ4n) is 3.65. The second-order valence-corrected chi connectivity index (χ2v) is 7.27. The Hall–Kier alpha value is -1.70. The fourth-order valence-corrected chi connectivity index (χ4v) is 4.41. The van der Waals surface area contributed by atoms with Crippen LogP contribution in [0.25, 0.3) is 10.8 Å². The van der Waals surface area contributed by atoms with Gasteiger partial charge in [0, 0.05) is 37.6 Å². The number of thiazole rings is 1. The lowest BCUT2D eigenvalue weighted by Crippen LogP contribution is -2.53. The van der Waals surface area contributed by atoms with Gasteiger partial charge in [-0.25, -0.2) is 4.98 Å². The first-order valence-electron chi connectivity index (χ1n) is 8.43. The third kappa shape index (κ3) is 2.99. The predicted molar refractivity (Wildman–Crippen MR) is 90.9 cm³/mol. The molecule has 0 bridgehead atoms. The molecule has 2 atom stereocenters. The number of aliphatic hydroxyl groups excluding tert-OH is 1. The standard InChI is InChI=1S/C17H21N3O3S/c21-14-4-1-3-13(14)19-6-8-20(9-7-19)17(22)12-11-24-16(18-12)15-5-2-10-23-15/h2,5,10-11,13-14,21H,1,3-4,6-9H2/t13-,14+/m1/s1. The minimum absolute atomic E-state index is 0.0179. The summed E-state index contributed by atoms with van der Waals surface area (Å²) in [4.78, 5) is 21.3. The minimum atomic E-state index is -0.207. The second kappa shape index (κ2) is 6.66. The summed E-state index contributed by atoms with van der Waals surface area (Å²) >= 11 is 1.43. The topological polar surface area (TPSA) is 69.8 Å². The van der Waals surface area contributed by atoms with E-state index in [0.717, 1.165) is 37.4 Å². The molecule has 7 heteroatoms. The number of aliphatic hydroxyl groups is 1. The molecule has 1 saturated heterocycles. The molecule has 128 valence electrons. The zero-order chi connectivity index (χ0) is 16.5. The average molecular weight is 347 g/mol. The monoisotopic (exact) mass is 347 g/mol. The van der Waals surface area contributed by atoms with Gasteiger partial charge in [-0.1, -0.05) is 0 Å². The van der Waals surface area contributed by atoms with E-state index < -0.39 is 0 Å². The van der Waals surface area contributed by atoms with Gasteiger partial charge in [-0.2, -0.15) is 0 Å². The Balaban J connectivity index is 1.38. The number of rotatable bonds is 3. The van der Waals surface area contributed by atoms with Crippen LogP contribution in [0.15, 0.2) is 28.2 Å². The zero-order valence-corrected chi connectivity index (χ0v) is 14.2. The highest BCUT2D eigenvalue weighted by Gasteiger charge is 2.33. The quantitative estimate of drug-likeness (QED) is 0.920. The van der Waals surface area contributed by atoms with E-state index >= 15 is 0 Å². The molecule has 2 fully saturated rings. The van der Waals surface area contributed by atoms with E-state index in [9.17, 15) is 9.90 Å². The average Bonchev–Trinajstić information content (AvgIpc) is 3.35. The molecule has 0 unspecified atom stereocenters. The number of nitrogens with zero attached hydrogens (tertiary/aromatic N) is 3. The van der Waals surface area contributed by atoms with Crippen LogP contribution in [-0.4, -0.2) is 64.1 Å². The largest absolute Gasteiger partial charge is 0.462 e. The summed E-state index contributed by atoms with van der Waals surface area (Å²) in [6.45, 7) is 3.02. The van der Waals surface area contributed by atoms with Gasteiger partial charge in [0.15, 0.2) is 10.8 Å². The third-order valence-electron chi connectivity index (χ3n) is 4.97. The summed E-state index contributed by atoms with van der Waals surface area (Å²) in [6, 6.07) is 3.93. The van der Waals surface area contributed by atoms with Gasteiger partial charge in [-0.05, 0) is 31.4 Å². The van der Waals surface area contributed by atoms with Crippen LogP contribution in [0.4, 0.5) is 0 Å². The van der Waals surface area contributed by atoms with Crippen LogP contribution in [0.2, 0.25) is 0 Å². The Bertz CT molecular complexity index is 692. The molecule has 2 aromatic rings. The van der Waals surface area contributed by atoms with Gasteiger partial charge in [-0.15, -0.1) is 11.3 Å². The van der Waals surface area contributed by atoms with Crippen LogP contribution in [0.5, 0.6) is 0 Å². The smallest absolute Gasteiger partial charge is 0.273 e. The van der Waals surface area contributed by atoms with E-state index in [0.29, 0.717) is 24.5 Å². The van der Waals surface area contributed by atoms with Gasteiger partial charge in [-0.3, -0.25) is 9.69 Å². The van der Waals surface area contributed by atoms with E-state index in [1.807, 2.05) is 17.0 Å². The zero-order valence-electron chi connectivity index (χ0n) is 13.4. The lowest BCUT2D eigenvalue weighted by atomic mass is 10.1. The summed E-state index contributed by atoms with van der Waals surface area (Å²) in [5, 5.41) is 12.6. The van der Waals surface area contributed by atoms with Gasteiger partial charge in [0.2, 0.25) is 0 Å². The number of aromatic nitrogens is 1. The highest BCUT2D eigenvalue weighted by Crippen LogP contribution is 2.27. The van der Waals surface area contributed by atoms with Crippen LogP contribution in [0.3, 0.4) is 0 Å². The first-order chi connectivity index (χ1) is 11.7. The van der Waals surface area contributed by atoms with Crippen molar-refractivity contribution < 1.29 is 14.3 Å². The molecule has 4 rings (SSSR count). The van der Waals surface area contributed by atoms with Crippen LogP contribution in [0.1, 0.15) is 29.8 Å². The van der Waals surface area contributed by atoms with Crippen molar-refractivity contribution in [2.24, 2.45) is 0 Å². The molecule has 0 radical (unpaired) electrons. The molecule has 3 heterocycles. The highest BCUT2D eigenvalue weighted by molar-refractivity contribution is 7.13. The van der Waals surface area contributed by atoms with E-state index in [-0.39, 0.29) is 18.1 Å². The third-order valence-corrected chi connectivity index (χ3v) is 5.83. The van der Waals surface area contributed by atoms with Gasteiger partial charge >= 0.3 is 0 Å². The summed E-state index contributed by atoms with van der Waals surface area (Å²) in [5.74, 6) is 0.676. The number of hydrogen-bond donors (Lipinski definition) is 1. The van der Waals surface area contributed by atoms with Crippen molar-refractivity contribution in [1.29, 1.82) is 0 Å². The molecule has 24 heavy (non-hydrogen) atoms. The molecule has 2 aromatic heterocycles. The maximum atomic E-state index is 12.6. The molecule has 6 nitrogen and oxygen atoms in total. The lowest BCUT2D eigenvalue weighted by Gasteiger charge is -2.38. The fraction of sp³-hybridized carbons (Fsp3) is 0.529. The normalized spacial score (nSPS) is 25.3. The van der Waals surface area contributed by atoms with Crippen molar-refractivity contribution in [1.82, 2.24) is 14.8 Å². The summed E-state index contributed by atoms with van der Waals surface area (Å²) < 4.78 is 5.33. The summed E-state index contributed by atoms with van der Waals surface area (Å²) in [7, 11) is 0. The highest BCUT2D eigenvalue weighted by atomic mass is 32.1. The van der Waals surface area contributed by atoms with Crippen LogP contribution < -0.4 is 0 Å². The van der Waals surface area contributed by atoms with Crippen molar-refractivity contribution >= 4 is 17.2 Å². The second-order valence-electron chi connectivity index (χ2n) is 6.41. The minimum Gasteiger partial charge on any atom is -0.462 e. The predicted octanol–water partition coefficient (Wildman–Crippen LogP) is 2.07. The lowest BCUT2D eigenvalue weighted by molar-refractivity contribution is 0.0313. The Labute approximate surface area is 144 Å². The number of carbonyl (C=O) groups excluding carboxylic acids is 1. The maximum Gasteiger partial charge on any atom is 0.273 e. The molecular formula is C17H21N3O3S. The van der Waals surface area contributed by atoms with Crippen LogP contribution >= 0.6 is 11.3 Å². The van der Waals surface area contributed by atoms with E-state index in [2.05, 4.69) is 9.88 Å². The van der Waals surface area contributed by atoms with Crippen molar-refractivity contribution in [3.05, 3.63) is 29.5 Å². The molecule has 1 saturated carbocycles. The van der Waals surface area contributed by atoms with Crippen LogP contribution in [-0.2, 0) is 0 Å². The molecule has 0 spiro atoms. The molecule has 2 aliphatic rings. The molecular weight excluding hydrogens is 326 g/mol. The van der Waals surface area contributed by atoms with E-state index in [4.69, 9.17) is 4.42 Å². The number of hydrogen-bond acceptors (Lipinski definition) is 6. The summed E-state index contributed by atoms with van der Waals surface area (Å²) in [6.07, 6.45) is 4.46. The molecule has 1 N–H and O–H groups in total. The van der Waals surface area contributed by atoms with Crippen LogP contribution in [0, 0.1) is 0 Å². The van der Waals surface area contributed by atoms with E-state index in [1.165, 1.54) is 11.3 Å². The van der Waals surface area contributed by atoms with Gasteiger partial charge < -0.3 is 14.4 Å². The molecule has 1 aliphatic heterocycles. The first kappa shape index (κ1) is 15.8. The Morgan fingerprint density at radius 2 is 2.12 bits per heavy atom. The van der Waals surface area contributed by atoms with Crippen molar-refractivity contribution in [2.45, 2.75) is 31.4 Å². The number of carbonyl (C=O) groups is 1. The number of furan rings is 1. The maximum absolute atomic E-state index is 12.6.